The van der Waals surface area contributed by atoms with Crippen LogP contribution in [0.3, 0.4) is 0 Å². The van der Waals surface area contributed by atoms with Crippen LogP contribution in [0.1, 0.15) is 5.69 Å². The van der Waals surface area contributed by atoms with Crippen molar-refractivity contribution >= 4 is 22.4 Å². The fourth-order valence-electron chi connectivity index (χ4n) is 2.69. The molecule has 2 heterocycles. The van der Waals surface area contributed by atoms with E-state index in [1.54, 1.807) is 19.2 Å². The van der Waals surface area contributed by atoms with Crippen LogP contribution in [-0.4, -0.2) is 22.3 Å². The zero-order valence-electron chi connectivity index (χ0n) is 14.8. The molecule has 0 bridgehead atoms. The van der Waals surface area contributed by atoms with Crippen molar-refractivity contribution in [1.82, 2.24) is 15.2 Å². The van der Waals surface area contributed by atoms with Gasteiger partial charge in [0, 0.05) is 17.1 Å². The molecule has 2 aromatic heterocycles. The summed E-state index contributed by atoms with van der Waals surface area (Å²) < 4.78 is 24.4. The highest BCUT2D eigenvalue weighted by Gasteiger charge is 2.11. The Labute approximate surface area is 155 Å². The summed E-state index contributed by atoms with van der Waals surface area (Å²) in [5.74, 6) is 2.47. The normalized spacial score (nSPS) is 10.8. The van der Waals surface area contributed by atoms with E-state index in [1.165, 1.54) is 12.1 Å². The molecule has 0 unspecified atom stereocenters. The van der Waals surface area contributed by atoms with Crippen LogP contribution in [0.2, 0.25) is 0 Å². The first-order valence-corrected chi connectivity index (χ1v) is 8.32. The second kappa shape index (κ2) is 6.95. The maximum Gasteiger partial charge on any atom is 0.229 e. The van der Waals surface area contributed by atoms with Crippen LogP contribution in [0.15, 0.2) is 54.6 Å². The average Bonchev–Trinajstić information content (AvgIpc) is 3.08. The van der Waals surface area contributed by atoms with Crippen molar-refractivity contribution in [3.63, 3.8) is 0 Å². The number of hydrogen-bond donors (Lipinski definition) is 2. The van der Waals surface area contributed by atoms with Crippen molar-refractivity contribution < 1.29 is 13.9 Å². The molecular formula is C20H17FN4O2. The number of aromatic nitrogens is 3. The molecule has 6 nitrogen and oxygen atoms in total. The molecular weight excluding hydrogens is 347 g/mol. The first-order valence-electron chi connectivity index (χ1n) is 8.32. The Morgan fingerprint density at radius 2 is 1.74 bits per heavy atom. The summed E-state index contributed by atoms with van der Waals surface area (Å²) >= 11 is 0. The molecule has 0 saturated heterocycles. The van der Waals surface area contributed by atoms with Gasteiger partial charge in [0.05, 0.1) is 7.11 Å². The molecule has 0 aliphatic carbocycles. The first kappa shape index (κ1) is 16.8. The number of nitrogens with one attached hydrogen (secondary N) is 2. The maximum absolute atomic E-state index is 13.2. The summed E-state index contributed by atoms with van der Waals surface area (Å²) in [6, 6.07) is 15.2. The lowest BCUT2D eigenvalue weighted by Gasteiger charge is -2.12. The van der Waals surface area contributed by atoms with Gasteiger partial charge in [0.25, 0.3) is 0 Å². The lowest BCUT2D eigenvalue weighted by Crippen LogP contribution is -1.98. The lowest BCUT2D eigenvalue weighted by atomic mass is 10.1. The molecule has 0 saturated carbocycles. The van der Waals surface area contributed by atoms with Crippen LogP contribution in [0.25, 0.3) is 10.8 Å². The van der Waals surface area contributed by atoms with Gasteiger partial charge in [-0.15, -0.1) is 0 Å². The van der Waals surface area contributed by atoms with Gasteiger partial charge in [0.1, 0.15) is 23.1 Å². The number of pyridine rings is 1. The number of nitrogens with zero attached hydrogens (tertiary/aromatic N) is 2. The maximum atomic E-state index is 13.2. The van der Waals surface area contributed by atoms with E-state index in [-0.39, 0.29) is 5.82 Å². The van der Waals surface area contributed by atoms with Crippen molar-refractivity contribution in [3.05, 3.63) is 66.1 Å². The minimum atomic E-state index is -0.328. The summed E-state index contributed by atoms with van der Waals surface area (Å²) in [4.78, 5) is 4.56. The number of fused-ring (bicyclic) bond motifs is 1. The average molecular weight is 364 g/mol. The number of rotatable bonds is 5. The predicted molar refractivity (Wildman–Crippen MR) is 101 cm³/mol. The summed E-state index contributed by atoms with van der Waals surface area (Å²) in [5, 5.41) is 11.9. The summed E-state index contributed by atoms with van der Waals surface area (Å²) in [6.45, 7) is 1.92. The summed E-state index contributed by atoms with van der Waals surface area (Å²) in [7, 11) is 1.60. The van der Waals surface area contributed by atoms with Crippen LogP contribution >= 0.6 is 0 Å². The van der Waals surface area contributed by atoms with E-state index in [4.69, 9.17) is 9.47 Å². The van der Waals surface area contributed by atoms with Gasteiger partial charge >= 0.3 is 0 Å². The van der Waals surface area contributed by atoms with Gasteiger partial charge in [0.15, 0.2) is 5.82 Å². The fraction of sp³-hybridized carbons (Fsp3) is 0.100. The third-order valence-electron chi connectivity index (χ3n) is 4.00. The third kappa shape index (κ3) is 3.67. The van der Waals surface area contributed by atoms with Crippen LogP contribution in [0, 0.1) is 12.7 Å². The number of halogens is 1. The summed E-state index contributed by atoms with van der Waals surface area (Å²) in [5.41, 5.74) is 0.936. The molecule has 0 fully saturated rings. The van der Waals surface area contributed by atoms with Gasteiger partial charge in [0.2, 0.25) is 5.88 Å². The monoisotopic (exact) mass is 364 g/mol. The van der Waals surface area contributed by atoms with Gasteiger partial charge in [-0.1, -0.05) is 6.07 Å². The highest BCUT2D eigenvalue weighted by atomic mass is 19.1. The highest BCUT2D eigenvalue weighted by molar-refractivity contribution is 5.90. The van der Waals surface area contributed by atoms with Gasteiger partial charge < -0.3 is 14.8 Å². The number of aromatic amines is 1. The number of H-pyrrole nitrogens is 1. The van der Waals surface area contributed by atoms with E-state index in [1.807, 2.05) is 37.3 Å². The second-order valence-electron chi connectivity index (χ2n) is 6.02. The zero-order chi connectivity index (χ0) is 18.8. The van der Waals surface area contributed by atoms with E-state index in [2.05, 4.69) is 20.5 Å². The van der Waals surface area contributed by atoms with Gasteiger partial charge in [-0.3, -0.25) is 5.10 Å². The number of benzene rings is 2. The van der Waals surface area contributed by atoms with E-state index >= 15 is 0 Å². The Kier molecular flexibility index (Phi) is 4.33. The molecule has 0 radical (unpaired) electrons. The van der Waals surface area contributed by atoms with Gasteiger partial charge in [-0.25, -0.2) is 4.39 Å². The van der Waals surface area contributed by atoms with E-state index < -0.39 is 0 Å². The molecule has 27 heavy (non-hydrogen) atoms. The van der Waals surface area contributed by atoms with Crippen molar-refractivity contribution in [3.8, 4) is 17.4 Å². The molecule has 0 aliphatic rings. The predicted octanol–water partition coefficient (Wildman–Crippen LogP) is 4.95. The molecule has 0 aliphatic heterocycles. The van der Waals surface area contributed by atoms with Gasteiger partial charge in [-0.2, -0.15) is 10.1 Å². The van der Waals surface area contributed by atoms with Crippen molar-refractivity contribution in [2.45, 2.75) is 6.92 Å². The van der Waals surface area contributed by atoms with E-state index in [9.17, 15) is 4.39 Å². The number of ether oxygens (including phenoxy) is 2. The second-order valence-corrected chi connectivity index (χ2v) is 6.02. The van der Waals surface area contributed by atoms with Crippen LogP contribution in [0.4, 0.5) is 16.0 Å². The fourth-order valence-corrected chi connectivity index (χ4v) is 2.69. The number of aryl methyl sites for hydroxylation is 1. The molecule has 136 valence electrons. The molecule has 4 rings (SSSR count). The molecule has 2 aromatic carbocycles. The molecule has 0 spiro atoms. The number of anilines is 2. The smallest absolute Gasteiger partial charge is 0.229 e. The number of hydrogen-bond acceptors (Lipinski definition) is 5. The van der Waals surface area contributed by atoms with Crippen LogP contribution < -0.4 is 14.8 Å². The Balaban J connectivity index is 1.77. The van der Waals surface area contributed by atoms with E-state index in [0.29, 0.717) is 29.0 Å². The standard InChI is InChI=1S/C20H17FN4O2/c1-12-9-19(25-24-12)22-18-10-13-3-6-16(26-2)11-17(13)20(23-18)27-15-7-4-14(21)5-8-15/h3-11H,1-2H3,(H2,22,23,24,25). The Morgan fingerprint density at radius 1 is 0.963 bits per heavy atom. The van der Waals surface area contributed by atoms with Crippen LogP contribution in [-0.2, 0) is 0 Å². The Morgan fingerprint density at radius 3 is 2.44 bits per heavy atom. The SMILES string of the molecule is COc1ccc2cc(Nc3cc(C)[nH]n3)nc(Oc3ccc(F)cc3)c2c1. The lowest BCUT2D eigenvalue weighted by molar-refractivity contribution is 0.415. The topological polar surface area (TPSA) is 72.1 Å². The molecule has 7 heteroatoms. The largest absolute Gasteiger partial charge is 0.497 e. The van der Waals surface area contributed by atoms with Crippen LogP contribution in [0.5, 0.6) is 17.4 Å². The third-order valence-corrected chi connectivity index (χ3v) is 4.00. The van der Waals surface area contributed by atoms with Crippen molar-refractivity contribution in [2.24, 2.45) is 0 Å². The van der Waals surface area contributed by atoms with Crippen molar-refractivity contribution in [1.29, 1.82) is 0 Å². The van der Waals surface area contributed by atoms with Gasteiger partial charge in [-0.05, 0) is 54.8 Å². The first-order chi connectivity index (χ1) is 13.1. The Hall–Kier alpha value is -3.61. The minimum absolute atomic E-state index is 0.328. The molecule has 2 N–H and O–H groups in total. The molecule has 0 amide bonds. The number of methoxy groups -OCH3 is 1. The van der Waals surface area contributed by atoms with E-state index in [0.717, 1.165) is 16.5 Å². The van der Waals surface area contributed by atoms with Crippen molar-refractivity contribution in [2.75, 3.05) is 12.4 Å². The minimum Gasteiger partial charge on any atom is -0.497 e. The summed E-state index contributed by atoms with van der Waals surface area (Å²) in [6.07, 6.45) is 0. The highest BCUT2D eigenvalue weighted by Crippen LogP contribution is 2.33. The molecule has 4 aromatic rings. The quantitative estimate of drug-likeness (QED) is 0.524. The Bertz CT molecular complexity index is 1090. The zero-order valence-corrected chi connectivity index (χ0v) is 14.8. The molecule has 0 atom stereocenters.